The van der Waals surface area contributed by atoms with Crippen LogP contribution in [0.25, 0.3) is 22.3 Å². The molecule has 0 unspecified atom stereocenters. The van der Waals surface area contributed by atoms with Gasteiger partial charge in [-0.3, -0.25) is 4.31 Å². The van der Waals surface area contributed by atoms with Crippen LogP contribution in [0.3, 0.4) is 0 Å². The summed E-state index contributed by atoms with van der Waals surface area (Å²) in [6, 6.07) is 11.8. The minimum Gasteiger partial charge on any atom is -0.479 e. The van der Waals surface area contributed by atoms with Crippen LogP contribution in [0.4, 0.5) is 18.9 Å². The van der Waals surface area contributed by atoms with Gasteiger partial charge in [-0.25, -0.2) is 13.2 Å². The second kappa shape index (κ2) is 10.7. The van der Waals surface area contributed by atoms with Crippen LogP contribution >= 0.6 is 11.8 Å². The summed E-state index contributed by atoms with van der Waals surface area (Å²) in [4.78, 5) is 12.7. The fourth-order valence-corrected chi connectivity index (χ4v) is 7.01. The lowest BCUT2D eigenvalue weighted by molar-refractivity contribution is -0.160. The number of aryl methyl sites for hydroxylation is 1. The molecule has 0 saturated heterocycles. The smallest absolute Gasteiger partial charge is 0.446 e. The number of nitrogens with zero attached hydrogens (tertiary/aromatic N) is 1. The van der Waals surface area contributed by atoms with Crippen LogP contribution < -0.4 is 4.31 Å². The number of fused-ring (bicyclic) bond motifs is 3. The zero-order valence-corrected chi connectivity index (χ0v) is 25.4. The Kier molecular flexibility index (Phi) is 8.05. The van der Waals surface area contributed by atoms with Gasteiger partial charge in [0.05, 0.1) is 24.1 Å². The number of thioether (sulfide) groups is 1. The van der Waals surface area contributed by atoms with Gasteiger partial charge in [-0.2, -0.15) is 13.2 Å². The maximum atomic E-state index is 13.7. The fraction of sp³-hybridized carbons (Fsp3) is 0.367. The summed E-state index contributed by atoms with van der Waals surface area (Å²) >= 11 is -0.258. The normalized spacial score (nSPS) is 14.4. The number of benzene rings is 3. The quantitative estimate of drug-likeness (QED) is 0.288. The van der Waals surface area contributed by atoms with E-state index in [1.807, 2.05) is 31.2 Å². The maximum Gasteiger partial charge on any atom is 0.446 e. The molecule has 1 aliphatic rings. The van der Waals surface area contributed by atoms with Crippen LogP contribution in [0, 0.1) is 20.8 Å². The van der Waals surface area contributed by atoms with Gasteiger partial charge in [-0.05, 0) is 87.2 Å². The number of hydrogen-bond acceptors (Lipinski definition) is 5. The number of rotatable bonds is 6. The fourth-order valence-electron chi connectivity index (χ4n) is 5.35. The summed E-state index contributed by atoms with van der Waals surface area (Å²) in [5.41, 5.74) is -1.20. The van der Waals surface area contributed by atoms with Gasteiger partial charge in [0.2, 0.25) is 10.0 Å². The number of carboxylic acids is 1. The van der Waals surface area contributed by atoms with E-state index in [2.05, 4.69) is 0 Å². The van der Waals surface area contributed by atoms with Gasteiger partial charge in [0.15, 0.2) is 6.10 Å². The first-order valence-corrected chi connectivity index (χ1v) is 15.5. The van der Waals surface area contributed by atoms with E-state index in [0.717, 1.165) is 16.1 Å². The van der Waals surface area contributed by atoms with Crippen molar-refractivity contribution in [2.75, 3.05) is 10.6 Å². The Bertz CT molecular complexity index is 1630. The largest absolute Gasteiger partial charge is 0.479 e. The number of ether oxygens (including phenoxy) is 1. The number of sulfonamides is 1. The summed E-state index contributed by atoms with van der Waals surface area (Å²) in [6.07, 6.45) is -0.462. The van der Waals surface area contributed by atoms with E-state index in [1.165, 1.54) is 12.1 Å². The number of carboxylic acid groups (broad SMARTS) is 1. The number of carbonyl (C=O) groups is 1. The van der Waals surface area contributed by atoms with Crippen molar-refractivity contribution in [2.24, 2.45) is 0 Å². The molecule has 0 aromatic heterocycles. The van der Waals surface area contributed by atoms with E-state index >= 15 is 0 Å². The second-order valence-corrected chi connectivity index (χ2v) is 14.2. The highest BCUT2D eigenvalue weighted by molar-refractivity contribution is 8.00. The summed E-state index contributed by atoms with van der Waals surface area (Å²) < 4.78 is 74.7. The minimum atomic E-state index is -4.58. The molecule has 11 heteroatoms. The lowest BCUT2D eigenvalue weighted by Gasteiger charge is -2.38. The molecule has 3 aromatic rings. The first kappa shape index (κ1) is 30.9. The molecular formula is C30H32F3NO5S2. The molecule has 4 rings (SSSR count). The standard InChI is InChI=1S/C30H32F3NO5S2/c1-16-11-13-19(14-12-16)22-17(2)23-25-20(9-8-10-21(25)40-30(31,32)33)15-34(41(7,37)38)26(23)18(3)24(22)27(28(35)36)39-29(4,5)6/h8-14,27H,15H2,1-7H3,(H,35,36)/t27-/m0/s1. The van der Waals surface area contributed by atoms with Crippen molar-refractivity contribution >= 4 is 33.4 Å². The Morgan fingerprint density at radius 2 is 1.59 bits per heavy atom. The second-order valence-electron chi connectivity index (χ2n) is 11.2. The molecule has 0 amide bonds. The predicted molar refractivity (Wildman–Crippen MR) is 156 cm³/mol. The van der Waals surface area contributed by atoms with Crippen molar-refractivity contribution in [3.63, 3.8) is 0 Å². The number of alkyl halides is 3. The van der Waals surface area contributed by atoms with E-state index in [1.54, 1.807) is 40.7 Å². The lowest BCUT2D eigenvalue weighted by Crippen LogP contribution is -2.35. The zero-order chi connectivity index (χ0) is 30.7. The monoisotopic (exact) mass is 607 g/mol. The summed E-state index contributed by atoms with van der Waals surface area (Å²) in [5, 5.41) is 10.4. The molecule has 220 valence electrons. The lowest BCUT2D eigenvalue weighted by atomic mass is 9.80. The highest BCUT2D eigenvalue weighted by atomic mass is 32.2. The number of halogens is 3. The average Bonchev–Trinajstić information content (AvgIpc) is 2.82. The molecule has 0 spiro atoms. The van der Waals surface area contributed by atoms with Gasteiger partial charge in [0.1, 0.15) is 0 Å². The number of aliphatic carboxylic acids is 1. The molecule has 0 radical (unpaired) electrons. The Morgan fingerprint density at radius 3 is 2.10 bits per heavy atom. The van der Waals surface area contributed by atoms with Crippen molar-refractivity contribution in [1.82, 2.24) is 0 Å². The van der Waals surface area contributed by atoms with E-state index in [-0.39, 0.29) is 40.0 Å². The summed E-state index contributed by atoms with van der Waals surface area (Å²) in [6.45, 7) is 10.2. The van der Waals surface area contributed by atoms with Crippen LogP contribution in [0.2, 0.25) is 0 Å². The highest BCUT2D eigenvalue weighted by Crippen LogP contribution is 2.54. The maximum absolute atomic E-state index is 13.7. The molecular weight excluding hydrogens is 575 g/mol. The van der Waals surface area contributed by atoms with Gasteiger partial charge < -0.3 is 9.84 Å². The molecule has 41 heavy (non-hydrogen) atoms. The number of hydrogen-bond donors (Lipinski definition) is 1. The average molecular weight is 608 g/mol. The molecule has 1 heterocycles. The van der Waals surface area contributed by atoms with Crippen molar-refractivity contribution in [3.05, 3.63) is 70.3 Å². The van der Waals surface area contributed by atoms with Crippen LogP contribution in [0.15, 0.2) is 47.4 Å². The predicted octanol–water partition coefficient (Wildman–Crippen LogP) is 7.78. The van der Waals surface area contributed by atoms with Crippen molar-refractivity contribution in [2.45, 2.75) is 70.2 Å². The third kappa shape index (κ3) is 6.27. The Morgan fingerprint density at radius 1 is 0.976 bits per heavy atom. The molecule has 0 fully saturated rings. The SMILES string of the molecule is Cc1ccc(-c2c(C)c3c(c(C)c2[C@H](OC(C)(C)C)C(=O)O)N(S(C)(=O)=O)Cc2cccc(SC(F)(F)F)c2-3)cc1. The van der Waals surface area contributed by atoms with Gasteiger partial charge in [-0.1, -0.05) is 42.0 Å². The van der Waals surface area contributed by atoms with Crippen LogP contribution in [0.1, 0.15) is 54.7 Å². The summed E-state index contributed by atoms with van der Waals surface area (Å²) in [5.74, 6) is -1.27. The molecule has 0 saturated carbocycles. The van der Waals surface area contributed by atoms with Crippen molar-refractivity contribution in [1.29, 1.82) is 0 Å². The molecule has 6 nitrogen and oxygen atoms in total. The van der Waals surface area contributed by atoms with Gasteiger partial charge in [0, 0.05) is 21.6 Å². The third-order valence-electron chi connectivity index (χ3n) is 6.87. The number of anilines is 1. The highest BCUT2D eigenvalue weighted by Gasteiger charge is 2.40. The summed E-state index contributed by atoms with van der Waals surface area (Å²) in [7, 11) is -3.93. The molecule has 0 bridgehead atoms. The van der Waals surface area contributed by atoms with E-state index in [4.69, 9.17) is 4.74 Å². The van der Waals surface area contributed by atoms with Crippen LogP contribution in [-0.2, 0) is 26.1 Å². The topological polar surface area (TPSA) is 83.9 Å². The van der Waals surface area contributed by atoms with E-state index in [9.17, 15) is 31.5 Å². The molecule has 3 aromatic carbocycles. The zero-order valence-electron chi connectivity index (χ0n) is 23.8. The van der Waals surface area contributed by atoms with E-state index in [0.29, 0.717) is 33.4 Å². The van der Waals surface area contributed by atoms with Gasteiger partial charge in [-0.15, -0.1) is 0 Å². The van der Waals surface area contributed by atoms with Crippen molar-refractivity contribution < 1.29 is 36.2 Å². The van der Waals surface area contributed by atoms with E-state index < -0.39 is 33.2 Å². The Hall–Kier alpha value is -3.02. The van der Waals surface area contributed by atoms with Crippen LogP contribution in [-0.4, -0.2) is 36.9 Å². The van der Waals surface area contributed by atoms with Crippen molar-refractivity contribution in [3.8, 4) is 22.3 Å². The Balaban J connectivity index is 2.24. The third-order valence-corrected chi connectivity index (χ3v) is 8.77. The molecule has 1 aliphatic heterocycles. The van der Waals surface area contributed by atoms with Gasteiger partial charge in [0.25, 0.3) is 0 Å². The molecule has 0 aliphatic carbocycles. The Labute approximate surface area is 242 Å². The first-order chi connectivity index (χ1) is 18.8. The van der Waals surface area contributed by atoms with Gasteiger partial charge >= 0.3 is 11.5 Å². The molecule has 1 atom stereocenters. The van der Waals surface area contributed by atoms with Crippen LogP contribution in [0.5, 0.6) is 0 Å². The molecule has 1 N–H and O–H groups in total. The minimum absolute atomic E-state index is 0.0600. The first-order valence-electron chi connectivity index (χ1n) is 12.8.